The molecule has 23 heavy (non-hydrogen) atoms. The molecule has 1 amide bonds. The molecule has 1 N–H and O–H groups in total. The van der Waals surface area contributed by atoms with Gasteiger partial charge in [0.1, 0.15) is 0 Å². The molecule has 3 aliphatic heterocycles. The second-order valence-corrected chi connectivity index (χ2v) is 7.23. The summed E-state index contributed by atoms with van der Waals surface area (Å²) in [7, 11) is 1.91. The maximum absolute atomic E-state index is 12.8. The first kappa shape index (κ1) is 16.9. The Bertz CT molecular complexity index is 616. The predicted molar refractivity (Wildman–Crippen MR) is 92.6 cm³/mol. The van der Waals surface area contributed by atoms with Gasteiger partial charge >= 0.3 is 0 Å². The maximum Gasteiger partial charge on any atom is 0.254 e. The van der Waals surface area contributed by atoms with Crippen molar-refractivity contribution in [3.05, 3.63) is 22.2 Å². The van der Waals surface area contributed by atoms with E-state index in [2.05, 4.69) is 21.2 Å². The Morgan fingerprint density at radius 3 is 2.65 bits per heavy atom. The minimum Gasteiger partial charge on any atom is -0.454 e. The van der Waals surface area contributed by atoms with E-state index >= 15 is 0 Å². The fourth-order valence-corrected chi connectivity index (χ4v) is 4.36. The van der Waals surface area contributed by atoms with Crippen LogP contribution >= 0.6 is 28.3 Å². The molecule has 5 nitrogen and oxygen atoms in total. The third kappa shape index (κ3) is 3.04. The highest BCUT2D eigenvalue weighted by Gasteiger charge is 2.36. The molecule has 0 radical (unpaired) electrons. The number of rotatable bonds is 2. The summed E-state index contributed by atoms with van der Waals surface area (Å²) in [6.07, 6.45) is 4.56. The molecule has 4 rings (SSSR count). The Balaban J connectivity index is 0.00000156. The Morgan fingerprint density at radius 2 is 1.96 bits per heavy atom. The van der Waals surface area contributed by atoms with Crippen molar-refractivity contribution in [1.29, 1.82) is 0 Å². The van der Waals surface area contributed by atoms with Crippen molar-refractivity contribution in [2.24, 2.45) is 0 Å². The quantitative estimate of drug-likeness (QED) is 0.825. The van der Waals surface area contributed by atoms with Gasteiger partial charge in [0, 0.05) is 30.7 Å². The number of carbonyl (C=O) groups is 1. The number of hydrogen-bond acceptors (Lipinski definition) is 4. The molecule has 2 fully saturated rings. The van der Waals surface area contributed by atoms with Gasteiger partial charge in [0.25, 0.3) is 5.91 Å². The summed E-state index contributed by atoms with van der Waals surface area (Å²) in [6, 6.07) is 5.06. The van der Waals surface area contributed by atoms with Crippen LogP contribution in [0.3, 0.4) is 0 Å². The van der Waals surface area contributed by atoms with Gasteiger partial charge in [-0.1, -0.05) is 0 Å². The summed E-state index contributed by atoms with van der Waals surface area (Å²) in [5.74, 6) is 1.36. The van der Waals surface area contributed by atoms with Crippen LogP contribution in [0, 0.1) is 0 Å². The topological polar surface area (TPSA) is 50.8 Å². The summed E-state index contributed by atoms with van der Waals surface area (Å²) in [6.45, 7) is 0.207. The van der Waals surface area contributed by atoms with E-state index in [1.54, 1.807) is 6.07 Å². The number of ether oxygens (including phenoxy) is 2. The number of fused-ring (bicyclic) bond motifs is 3. The highest BCUT2D eigenvalue weighted by Crippen LogP contribution is 2.40. The van der Waals surface area contributed by atoms with E-state index in [0.717, 1.165) is 17.3 Å². The molecule has 3 aliphatic rings. The summed E-state index contributed by atoms with van der Waals surface area (Å²) in [5.41, 5.74) is 0.643. The zero-order valence-corrected chi connectivity index (χ0v) is 15.3. The van der Waals surface area contributed by atoms with Gasteiger partial charge in [-0.05, 0) is 53.7 Å². The number of amides is 1. The van der Waals surface area contributed by atoms with Crippen LogP contribution in [0.25, 0.3) is 0 Å². The zero-order chi connectivity index (χ0) is 15.3. The summed E-state index contributed by atoms with van der Waals surface area (Å²) in [5, 5.41) is 3.61. The molecule has 2 saturated heterocycles. The lowest BCUT2D eigenvalue weighted by atomic mass is 9.98. The van der Waals surface area contributed by atoms with Crippen molar-refractivity contribution < 1.29 is 14.3 Å². The smallest absolute Gasteiger partial charge is 0.254 e. The minimum absolute atomic E-state index is 0. The largest absolute Gasteiger partial charge is 0.454 e. The Morgan fingerprint density at radius 1 is 1.26 bits per heavy atom. The number of hydrogen-bond donors (Lipinski definition) is 1. The van der Waals surface area contributed by atoms with Crippen molar-refractivity contribution in [2.75, 3.05) is 13.8 Å². The molecule has 0 saturated carbocycles. The van der Waals surface area contributed by atoms with Gasteiger partial charge in [0.15, 0.2) is 11.5 Å². The Hall–Kier alpha value is -0.980. The van der Waals surface area contributed by atoms with Gasteiger partial charge in [0.2, 0.25) is 6.79 Å². The molecular weight excluding hydrogens is 384 g/mol. The van der Waals surface area contributed by atoms with Gasteiger partial charge in [0.05, 0.1) is 4.47 Å². The maximum atomic E-state index is 12.8. The first-order chi connectivity index (χ1) is 10.6. The molecule has 126 valence electrons. The van der Waals surface area contributed by atoms with E-state index in [-0.39, 0.29) is 25.1 Å². The lowest BCUT2D eigenvalue weighted by molar-refractivity contribution is 0.0681. The standard InChI is InChI=1S/C16H19BrN2O3.ClH/c1-19(12-6-10-2-3-11(7-12)18-10)16(20)9-4-13(17)15-14(5-9)21-8-22-15;/h4-5,10-12,18H,2-3,6-8H2,1H3;1H. The van der Waals surface area contributed by atoms with E-state index in [4.69, 9.17) is 9.47 Å². The average Bonchev–Trinajstić information content (AvgIpc) is 3.12. The molecule has 2 bridgehead atoms. The van der Waals surface area contributed by atoms with Crippen molar-refractivity contribution in [1.82, 2.24) is 10.2 Å². The van der Waals surface area contributed by atoms with Gasteiger partial charge < -0.3 is 19.7 Å². The number of nitrogens with zero attached hydrogens (tertiary/aromatic N) is 1. The van der Waals surface area contributed by atoms with Crippen LogP contribution in [0.5, 0.6) is 11.5 Å². The zero-order valence-electron chi connectivity index (χ0n) is 12.9. The van der Waals surface area contributed by atoms with Crippen molar-refractivity contribution in [2.45, 2.75) is 43.8 Å². The van der Waals surface area contributed by atoms with E-state index < -0.39 is 0 Å². The third-order valence-electron chi connectivity index (χ3n) is 4.99. The van der Waals surface area contributed by atoms with Crippen molar-refractivity contribution >= 4 is 34.2 Å². The molecule has 2 unspecified atom stereocenters. The van der Waals surface area contributed by atoms with E-state index in [1.165, 1.54) is 12.8 Å². The fraction of sp³-hybridized carbons (Fsp3) is 0.562. The average molecular weight is 404 g/mol. The summed E-state index contributed by atoms with van der Waals surface area (Å²) >= 11 is 3.45. The number of halogens is 2. The van der Waals surface area contributed by atoms with Crippen LogP contribution in [0.1, 0.15) is 36.0 Å². The lowest BCUT2D eigenvalue weighted by Gasteiger charge is -2.35. The highest BCUT2D eigenvalue weighted by molar-refractivity contribution is 9.10. The monoisotopic (exact) mass is 402 g/mol. The molecule has 7 heteroatoms. The number of nitrogens with one attached hydrogen (secondary N) is 1. The van der Waals surface area contributed by atoms with Crippen LogP contribution in [-0.2, 0) is 0 Å². The summed E-state index contributed by atoms with van der Waals surface area (Å²) < 4.78 is 11.5. The van der Waals surface area contributed by atoms with Gasteiger partial charge in [-0.25, -0.2) is 0 Å². The minimum atomic E-state index is 0. The number of benzene rings is 1. The van der Waals surface area contributed by atoms with Crippen LogP contribution in [0.4, 0.5) is 0 Å². The van der Waals surface area contributed by atoms with Gasteiger partial charge in [-0.2, -0.15) is 0 Å². The molecule has 1 aromatic carbocycles. The number of piperidine rings is 1. The first-order valence-electron chi connectivity index (χ1n) is 7.74. The summed E-state index contributed by atoms with van der Waals surface area (Å²) in [4.78, 5) is 14.7. The molecule has 0 spiro atoms. The normalized spacial score (nSPS) is 27.5. The number of carbonyl (C=O) groups excluding carboxylic acids is 1. The Kier molecular flexibility index (Phi) is 4.76. The molecule has 0 aliphatic carbocycles. The van der Waals surface area contributed by atoms with Crippen LogP contribution in [-0.4, -0.2) is 42.8 Å². The van der Waals surface area contributed by atoms with E-state index in [1.807, 2.05) is 18.0 Å². The van der Waals surface area contributed by atoms with Crippen LogP contribution in [0.2, 0.25) is 0 Å². The first-order valence-corrected chi connectivity index (χ1v) is 8.53. The van der Waals surface area contributed by atoms with Gasteiger partial charge in [-0.15, -0.1) is 12.4 Å². The second-order valence-electron chi connectivity index (χ2n) is 6.37. The highest BCUT2D eigenvalue weighted by atomic mass is 79.9. The van der Waals surface area contributed by atoms with Gasteiger partial charge in [-0.3, -0.25) is 4.79 Å². The fourth-order valence-electron chi connectivity index (χ4n) is 3.80. The predicted octanol–water partition coefficient (Wildman–Crippen LogP) is 2.95. The second kappa shape index (κ2) is 6.49. The van der Waals surface area contributed by atoms with Crippen molar-refractivity contribution in [3.63, 3.8) is 0 Å². The molecule has 3 heterocycles. The van der Waals surface area contributed by atoms with Crippen molar-refractivity contribution in [3.8, 4) is 11.5 Å². The SMILES string of the molecule is CN(C(=O)c1cc(Br)c2c(c1)OCO2)C1CC2CCC(C1)N2.Cl. The molecular formula is C16H20BrClN2O3. The van der Waals surface area contributed by atoms with E-state index in [0.29, 0.717) is 35.2 Å². The lowest BCUT2D eigenvalue weighted by Crippen LogP contribution is -2.48. The van der Waals surface area contributed by atoms with Crippen LogP contribution in [0.15, 0.2) is 16.6 Å². The molecule has 0 aromatic heterocycles. The third-order valence-corrected chi connectivity index (χ3v) is 5.58. The molecule has 1 aromatic rings. The van der Waals surface area contributed by atoms with Crippen LogP contribution < -0.4 is 14.8 Å². The Labute approximate surface area is 150 Å². The van der Waals surface area contributed by atoms with E-state index in [9.17, 15) is 4.79 Å². The molecule has 2 atom stereocenters.